The van der Waals surface area contributed by atoms with Crippen molar-refractivity contribution in [1.29, 1.82) is 0 Å². The van der Waals surface area contributed by atoms with Gasteiger partial charge in [-0.2, -0.15) is 13.2 Å². The highest BCUT2D eigenvalue weighted by Crippen LogP contribution is 2.39. The Hall–Kier alpha value is -4.40. The first-order valence-electron chi connectivity index (χ1n) is 13.1. The molecule has 5 rings (SSSR count). The molecule has 3 heterocycles. The second kappa shape index (κ2) is 11.4. The van der Waals surface area contributed by atoms with Crippen LogP contribution in [0.4, 0.5) is 19.0 Å². The van der Waals surface area contributed by atoms with Gasteiger partial charge in [-0.1, -0.05) is 12.1 Å². The standard InChI is InChI=1S/C31H28F3N3O3/c32-31(33,34)27-18-23(21-6-8-22(9-7-21)30(39)37-14-2-1-3-15-37)16-24-17-26(40-29(24)27)12-11-25(38)10-4-20-5-13-28(35)36-19-20/h4-10,13,16-19H,1-3,11-12,14-15H2,(H2,35,36)/b10-4+. The Bertz CT molecular complexity index is 1550. The first-order valence-corrected chi connectivity index (χ1v) is 13.1. The molecule has 1 aliphatic heterocycles. The van der Waals surface area contributed by atoms with Gasteiger partial charge in [0.15, 0.2) is 5.78 Å². The lowest BCUT2D eigenvalue weighted by molar-refractivity contribution is -0.136. The predicted octanol–water partition coefficient (Wildman–Crippen LogP) is 6.94. The minimum atomic E-state index is -4.64. The molecule has 0 radical (unpaired) electrons. The number of carbonyl (C=O) groups is 2. The maximum atomic E-state index is 14.0. The molecule has 1 amide bonds. The number of pyridine rings is 1. The molecule has 2 aromatic carbocycles. The van der Waals surface area contributed by atoms with Crippen LogP contribution in [0.5, 0.6) is 0 Å². The Labute approximate surface area is 229 Å². The number of nitrogen functional groups attached to an aromatic ring is 1. The number of allylic oxidation sites excluding steroid dienone is 1. The lowest BCUT2D eigenvalue weighted by Gasteiger charge is -2.26. The topological polar surface area (TPSA) is 89.4 Å². The van der Waals surface area contributed by atoms with Crippen LogP contribution in [0, 0.1) is 0 Å². The number of benzene rings is 2. The minimum absolute atomic E-state index is 0.0633. The van der Waals surface area contributed by atoms with Crippen LogP contribution in [-0.2, 0) is 17.4 Å². The fourth-order valence-corrected chi connectivity index (χ4v) is 4.83. The van der Waals surface area contributed by atoms with E-state index in [4.69, 9.17) is 10.2 Å². The number of aryl methyl sites for hydroxylation is 1. The van der Waals surface area contributed by atoms with Crippen molar-refractivity contribution >= 4 is 34.6 Å². The van der Waals surface area contributed by atoms with E-state index < -0.39 is 11.7 Å². The fourth-order valence-electron chi connectivity index (χ4n) is 4.83. The minimum Gasteiger partial charge on any atom is -0.460 e. The van der Waals surface area contributed by atoms with E-state index in [1.54, 1.807) is 54.6 Å². The zero-order valence-electron chi connectivity index (χ0n) is 21.7. The Balaban J connectivity index is 1.35. The Kier molecular flexibility index (Phi) is 7.73. The number of piperidine rings is 1. The normalized spacial score (nSPS) is 14.2. The van der Waals surface area contributed by atoms with Gasteiger partial charge in [0.2, 0.25) is 0 Å². The number of rotatable bonds is 7. The molecule has 0 spiro atoms. The maximum absolute atomic E-state index is 14.0. The quantitative estimate of drug-likeness (QED) is 0.253. The summed E-state index contributed by atoms with van der Waals surface area (Å²) < 4.78 is 47.6. The maximum Gasteiger partial charge on any atom is 0.420 e. The molecule has 4 aromatic rings. The van der Waals surface area contributed by atoms with Gasteiger partial charge in [0.25, 0.3) is 5.91 Å². The van der Waals surface area contributed by atoms with Gasteiger partial charge < -0.3 is 15.1 Å². The molecule has 0 aliphatic carbocycles. The summed E-state index contributed by atoms with van der Waals surface area (Å²) in [5, 5.41) is 0.296. The van der Waals surface area contributed by atoms with E-state index in [1.165, 1.54) is 12.3 Å². The first-order chi connectivity index (χ1) is 19.2. The number of alkyl halides is 3. The SMILES string of the molecule is Nc1ccc(/C=C/C(=O)CCc2cc3cc(-c4ccc(C(=O)N5CCCCC5)cc4)cc(C(F)(F)F)c3o2)cn1. The zero-order chi connectivity index (χ0) is 28.3. The van der Waals surface area contributed by atoms with Crippen LogP contribution in [0.3, 0.4) is 0 Å². The number of anilines is 1. The van der Waals surface area contributed by atoms with Gasteiger partial charge in [0, 0.05) is 43.1 Å². The summed E-state index contributed by atoms with van der Waals surface area (Å²) >= 11 is 0. The van der Waals surface area contributed by atoms with Gasteiger partial charge in [-0.05, 0) is 90.6 Å². The van der Waals surface area contributed by atoms with E-state index in [2.05, 4.69) is 4.98 Å². The average Bonchev–Trinajstić information content (AvgIpc) is 3.38. The van der Waals surface area contributed by atoms with E-state index in [-0.39, 0.29) is 35.9 Å². The Morgan fingerprint density at radius 1 is 0.975 bits per heavy atom. The van der Waals surface area contributed by atoms with Crippen molar-refractivity contribution in [3.63, 3.8) is 0 Å². The van der Waals surface area contributed by atoms with E-state index >= 15 is 0 Å². The van der Waals surface area contributed by atoms with Crippen LogP contribution in [0.15, 0.2) is 71.3 Å². The van der Waals surface area contributed by atoms with Gasteiger partial charge in [0.05, 0.1) is 5.56 Å². The summed E-state index contributed by atoms with van der Waals surface area (Å²) in [6.07, 6.45) is 3.18. The first kappa shape index (κ1) is 27.2. The number of amides is 1. The van der Waals surface area contributed by atoms with Gasteiger partial charge >= 0.3 is 6.18 Å². The molecule has 0 saturated carbocycles. The number of fused-ring (bicyclic) bond motifs is 1. The smallest absolute Gasteiger partial charge is 0.420 e. The highest BCUT2D eigenvalue weighted by Gasteiger charge is 2.35. The molecule has 1 fully saturated rings. The number of likely N-dealkylation sites (tertiary alicyclic amines) is 1. The number of nitrogens with two attached hydrogens (primary N) is 1. The number of hydrogen-bond acceptors (Lipinski definition) is 5. The molecule has 0 unspecified atom stereocenters. The number of nitrogens with zero attached hydrogens (tertiary/aromatic N) is 2. The lowest BCUT2D eigenvalue weighted by Crippen LogP contribution is -2.35. The number of furan rings is 1. The van der Waals surface area contributed by atoms with Crippen molar-refractivity contribution in [2.45, 2.75) is 38.3 Å². The third-order valence-corrected chi connectivity index (χ3v) is 6.97. The van der Waals surface area contributed by atoms with Crippen LogP contribution in [0.2, 0.25) is 0 Å². The summed E-state index contributed by atoms with van der Waals surface area (Å²) in [6, 6.07) is 14.2. The molecule has 2 N–H and O–H groups in total. The van der Waals surface area contributed by atoms with Gasteiger partial charge in [-0.3, -0.25) is 9.59 Å². The number of carbonyl (C=O) groups excluding carboxylic acids is 2. The third-order valence-electron chi connectivity index (χ3n) is 6.97. The van der Waals surface area contributed by atoms with Gasteiger partial charge in [0.1, 0.15) is 17.2 Å². The summed E-state index contributed by atoms with van der Waals surface area (Å²) in [6.45, 7) is 1.44. The molecule has 9 heteroatoms. The summed E-state index contributed by atoms with van der Waals surface area (Å²) in [4.78, 5) is 30.9. The van der Waals surface area contributed by atoms with Crippen molar-refractivity contribution in [3.8, 4) is 11.1 Å². The number of aromatic nitrogens is 1. The van der Waals surface area contributed by atoms with E-state index in [0.29, 0.717) is 33.5 Å². The third kappa shape index (κ3) is 6.25. The molecule has 1 saturated heterocycles. The largest absolute Gasteiger partial charge is 0.460 e. The van der Waals surface area contributed by atoms with E-state index in [1.807, 2.05) is 4.90 Å². The summed E-state index contributed by atoms with van der Waals surface area (Å²) in [7, 11) is 0. The predicted molar refractivity (Wildman–Crippen MR) is 147 cm³/mol. The molecule has 0 atom stereocenters. The summed E-state index contributed by atoms with van der Waals surface area (Å²) in [5.41, 5.74) is 6.54. The molecule has 206 valence electrons. The molecule has 1 aliphatic rings. The molecule has 2 aromatic heterocycles. The van der Waals surface area contributed by atoms with Crippen LogP contribution in [0.25, 0.3) is 28.2 Å². The van der Waals surface area contributed by atoms with Crippen LogP contribution >= 0.6 is 0 Å². The molecular weight excluding hydrogens is 519 g/mol. The highest BCUT2D eigenvalue weighted by atomic mass is 19.4. The van der Waals surface area contributed by atoms with Crippen molar-refractivity contribution in [3.05, 3.63) is 89.3 Å². The lowest BCUT2D eigenvalue weighted by atomic mass is 9.99. The van der Waals surface area contributed by atoms with Gasteiger partial charge in [-0.15, -0.1) is 0 Å². The van der Waals surface area contributed by atoms with Crippen molar-refractivity contribution in [2.75, 3.05) is 18.8 Å². The highest BCUT2D eigenvalue weighted by molar-refractivity contribution is 5.95. The van der Waals surface area contributed by atoms with Crippen LogP contribution in [-0.4, -0.2) is 34.7 Å². The van der Waals surface area contributed by atoms with E-state index in [0.717, 1.165) is 38.4 Å². The molecule has 0 bridgehead atoms. The van der Waals surface area contributed by atoms with E-state index in [9.17, 15) is 22.8 Å². The second-order valence-electron chi connectivity index (χ2n) is 9.90. The summed E-state index contributed by atoms with van der Waals surface area (Å²) in [5.74, 6) is 0.394. The van der Waals surface area contributed by atoms with Crippen molar-refractivity contribution in [1.82, 2.24) is 9.88 Å². The number of ketones is 1. The molecule has 40 heavy (non-hydrogen) atoms. The number of hydrogen-bond donors (Lipinski definition) is 1. The van der Waals surface area contributed by atoms with Crippen molar-refractivity contribution < 1.29 is 27.2 Å². The number of halogens is 3. The monoisotopic (exact) mass is 547 g/mol. The second-order valence-corrected chi connectivity index (χ2v) is 9.90. The fraction of sp³-hybridized carbons (Fsp3) is 0.258. The van der Waals surface area contributed by atoms with Gasteiger partial charge in [-0.25, -0.2) is 4.98 Å². The molecule has 6 nitrogen and oxygen atoms in total. The van der Waals surface area contributed by atoms with Crippen molar-refractivity contribution in [2.24, 2.45) is 0 Å². The Morgan fingerprint density at radius 2 is 1.73 bits per heavy atom. The average molecular weight is 548 g/mol. The molecular formula is C31H28F3N3O3. The van der Waals surface area contributed by atoms with Crippen LogP contribution < -0.4 is 5.73 Å². The van der Waals surface area contributed by atoms with Crippen LogP contribution in [0.1, 0.15) is 52.9 Å². The zero-order valence-corrected chi connectivity index (χ0v) is 21.7. The Morgan fingerprint density at radius 3 is 2.40 bits per heavy atom.